The molecule has 59 heavy (non-hydrogen) atoms. The second-order valence-corrected chi connectivity index (χ2v) is 15.3. The summed E-state index contributed by atoms with van der Waals surface area (Å²) in [5.74, 6) is 3.24. The number of pyridine rings is 4. The lowest BCUT2D eigenvalue weighted by Crippen LogP contribution is -2.18. The summed E-state index contributed by atoms with van der Waals surface area (Å²) in [6, 6.07) is 53.7. The Morgan fingerprint density at radius 1 is 0.305 bits per heavy atom. The van der Waals surface area contributed by atoms with E-state index < -0.39 is 0 Å². The molecule has 6 nitrogen and oxygen atoms in total. The van der Waals surface area contributed by atoms with Gasteiger partial charge in [0.15, 0.2) is 0 Å². The van der Waals surface area contributed by atoms with E-state index in [0.29, 0.717) is 0 Å². The van der Waals surface area contributed by atoms with Gasteiger partial charge in [0, 0.05) is 67.9 Å². The van der Waals surface area contributed by atoms with E-state index >= 15 is 0 Å². The Bertz CT molecular complexity index is 3290. The molecule has 0 aliphatic carbocycles. The molecule has 0 radical (unpaired) electrons. The van der Waals surface area contributed by atoms with E-state index in [0.717, 1.165) is 105 Å². The third-order valence-electron chi connectivity index (χ3n) is 11.7. The molecule has 0 atom stereocenters. The fourth-order valence-electron chi connectivity index (χ4n) is 8.79. The highest BCUT2D eigenvalue weighted by Gasteiger charge is 2.30. The summed E-state index contributed by atoms with van der Waals surface area (Å²) in [4.78, 5) is 25.5. The van der Waals surface area contributed by atoms with Gasteiger partial charge >= 0.3 is 0 Å². The molecule has 7 aromatic carbocycles. The molecule has 0 saturated heterocycles. The molecule has 0 unspecified atom stereocenters. The summed E-state index contributed by atoms with van der Waals surface area (Å²) in [5.41, 5.74) is 5.53. The molecule has 0 fully saturated rings. The van der Waals surface area contributed by atoms with Crippen LogP contribution in [0, 0.1) is 20.8 Å². The Morgan fingerprint density at radius 2 is 0.627 bits per heavy atom. The lowest BCUT2D eigenvalue weighted by Gasteiger charge is -2.33. The number of rotatable bonds is 6. The van der Waals surface area contributed by atoms with Crippen LogP contribution in [0.5, 0.6) is 0 Å². The summed E-state index contributed by atoms with van der Waals surface area (Å²) in [7, 11) is 0. The molecule has 0 aliphatic heterocycles. The van der Waals surface area contributed by atoms with Gasteiger partial charge in [-0.3, -0.25) is 9.80 Å². The lowest BCUT2D eigenvalue weighted by atomic mass is 9.92. The van der Waals surface area contributed by atoms with Gasteiger partial charge in [0.1, 0.15) is 23.3 Å². The molecular weight excluding hydrogens is 721 g/mol. The van der Waals surface area contributed by atoms with Gasteiger partial charge in [-0.2, -0.15) is 0 Å². The molecule has 6 heteroatoms. The highest BCUT2D eigenvalue weighted by atomic mass is 15.3. The monoisotopic (exact) mass is 758 g/mol. The third kappa shape index (κ3) is 5.56. The van der Waals surface area contributed by atoms with Crippen molar-refractivity contribution in [1.82, 2.24) is 19.9 Å². The Morgan fingerprint density at radius 3 is 1.00 bits per heavy atom. The Hall–Kier alpha value is -7.70. The molecule has 0 bridgehead atoms. The maximum absolute atomic E-state index is 5.22. The fourth-order valence-corrected chi connectivity index (χ4v) is 8.79. The van der Waals surface area contributed by atoms with Crippen molar-refractivity contribution in [3.63, 3.8) is 0 Å². The van der Waals surface area contributed by atoms with Gasteiger partial charge in [0.25, 0.3) is 0 Å². The molecule has 280 valence electrons. The van der Waals surface area contributed by atoms with Crippen LogP contribution in [0.1, 0.15) is 16.7 Å². The standard InChI is InChI=1S/C53H38N6/c1-33-20-21-44-45(30-33)49(59(52-42-18-10-6-14-38(42)24-28-56-52)53-43-19-11-7-15-39(43)25-29-57-53)47-32-35(3)34(2)31-46(47)48(44)58(50-40-16-8-4-12-36(40)22-26-54-50)51-41-17-9-5-13-37(41)23-27-55-51/h4-32H,1-3H3. The van der Waals surface area contributed by atoms with E-state index in [1.165, 1.54) is 11.1 Å². The first-order chi connectivity index (χ1) is 29.0. The maximum atomic E-state index is 5.22. The topological polar surface area (TPSA) is 58.0 Å². The Labute approximate surface area is 341 Å². The minimum Gasteiger partial charge on any atom is -0.277 e. The van der Waals surface area contributed by atoms with E-state index in [4.69, 9.17) is 19.9 Å². The molecule has 4 heterocycles. The summed E-state index contributed by atoms with van der Waals surface area (Å²) >= 11 is 0. The van der Waals surface area contributed by atoms with Crippen LogP contribution in [0.4, 0.5) is 34.6 Å². The van der Waals surface area contributed by atoms with Crippen LogP contribution in [0.2, 0.25) is 0 Å². The van der Waals surface area contributed by atoms with E-state index in [2.05, 4.69) is 182 Å². The van der Waals surface area contributed by atoms with Gasteiger partial charge in [0.2, 0.25) is 0 Å². The average molecular weight is 759 g/mol. The van der Waals surface area contributed by atoms with Crippen LogP contribution in [-0.2, 0) is 0 Å². The first-order valence-corrected chi connectivity index (χ1v) is 20.0. The number of aryl methyl sites for hydroxylation is 3. The lowest BCUT2D eigenvalue weighted by molar-refractivity contribution is 1.16. The normalized spacial score (nSPS) is 11.6. The maximum Gasteiger partial charge on any atom is 0.146 e. The van der Waals surface area contributed by atoms with E-state index in [1.54, 1.807) is 0 Å². The SMILES string of the molecule is Cc1ccc2c(N(c3nccc4ccccc34)c3nccc4ccccc34)c3cc(C)c(C)cc3c(N(c3nccc4ccccc34)c3nccc4ccccc34)c2c1. The van der Waals surface area contributed by atoms with Gasteiger partial charge in [0.05, 0.1) is 11.4 Å². The molecule has 0 spiro atoms. The zero-order valence-electron chi connectivity index (χ0n) is 32.9. The molecule has 11 rings (SSSR count). The minimum atomic E-state index is 0.810. The van der Waals surface area contributed by atoms with Crippen LogP contribution >= 0.6 is 0 Å². The molecule has 11 aromatic rings. The van der Waals surface area contributed by atoms with E-state index in [-0.39, 0.29) is 0 Å². The number of hydrogen-bond acceptors (Lipinski definition) is 6. The molecule has 0 aliphatic rings. The van der Waals surface area contributed by atoms with Gasteiger partial charge in [-0.25, -0.2) is 19.9 Å². The highest BCUT2D eigenvalue weighted by molar-refractivity contribution is 6.25. The Kier molecular flexibility index (Phi) is 8.05. The zero-order valence-corrected chi connectivity index (χ0v) is 32.9. The summed E-state index contributed by atoms with van der Waals surface area (Å²) in [6.07, 6.45) is 7.65. The summed E-state index contributed by atoms with van der Waals surface area (Å²) < 4.78 is 0. The van der Waals surface area contributed by atoms with E-state index in [9.17, 15) is 0 Å². The number of fused-ring (bicyclic) bond motifs is 6. The van der Waals surface area contributed by atoms with Gasteiger partial charge < -0.3 is 0 Å². The van der Waals surface area contributed by atoms with Crippen molar-refractivity contribution in [2.75, 3.05) is 9.80 Å². The van der Waals surface area contributed by atoms with Crippen molar-refractivity contribution in [3.05, 3.63) is 193 Å². The van der Waals surface area contributed by atoms with Crippen molar-refractivity contribution >= 4 is 99.3 Å². The zero-order chi connectivity index (χ0) is 39.6. The van der Waals surface area contributed by atoms with Crippen LogP contribution in [0.15, 0.2) is 176 Å². The van der Waals surface area contributed by atoms with Crippen LogP contribution < -0.4 is 9.80 Å². The fraction of sp³-hybridized carbons (Fsp3) is 0.0566. The first kappa shape index (κ1) is 34.5. The van der Waals surface area contributed by atoms with Crippen molar-refractivity contribution in [2.24, 2.45) is 0 Å². The molecular formula is C53H38N6. The summed E-state index contributed by atoms with van der Waals surface area (Å²) in [6.45, 7) is 6.57. The first-order valence-electron chi connectivity index (χ1n) is 20.0. The third-order valence-corrected chi connectivity index (χ3v) is 11.7. The number of nitrogens with zero attached hydrogens (tertiary/aromatic N) is 6. The van der Waals surface area contributed by atoms with Crippen molar-refractivity contribution < 1.29 is 0 Å². The molecule has 0 N–H and O–H groups in total. The second-order valence-electron chi connectivity index (χ2n) is 15.3. The summed E-state index contributed by atoms with van der Waals surface area (Å²) in [5, 5.41) is 12.8. The number of aromatic nitrogens is 4. The predicted octanol–water partition coefficient (Wildman–Crippen LogP) is 14.1. The molecule has 4 aromatic heterocycles. The molecule has 0 amide bonds. The smallest absolute Gasteiger partial charge is 0.146 e. The van der Waals surface area contributed by atoms with Crippen molar-refractivity contribution in [3.8, 4) is 0 Å². The average Bonchev–Trinajstić information content (AvgIpc) is 3.28. The Balaban J connectivity index is 1.36. The van der Waals surface area contributed by atoms with Crippen LogP contribution in [0.25, 0.3) is 64.6 Å². The number of hydrogen-bond donors (Lipinski definition) is 0. The predicted molar refractivity (Wildman–Crippen MR) is 246 cm³/mol. The van der Waals surface area contributed by atoms with Gasteiger partial charge in [-0.1, -0.05) is 115 Å². The van der Waals surface area contributed by atoms with E-state index in [1.807, 2.05) is 24.8 Å². The quantitative estimate of drug-likeness (QED) is 0.124. The van der Waals surface area contributed by atoms with Crippen molar-refractivity contribution in [1.29, 1.82) is 0 Å². The van der Waals surface area contributed by atoms with Gasteiger partial charge in [-0.05, 0) is 95.9 Å². The van der Waals surface area contributed by atoms with Crippen LogP contribution in [0.3, 0.4) is 0 Å². The van der Waals surface area contributed by atoms with Gasteiger partial charge in [-0.15, -0.1) is 0 Å². The van der Waals surface area contributed by atoms with Crippen molar-refractivity contribution in [2.45, 2.75) is 20.8 Å². The molecule has 0 saturated carbocycles. The largest absolute Gasteiger partial charge is 0.277 e. The highest BCUT2D eigenvalue weighted by Crippen LogP contribution is 2.53. The second kappa shape index (κ2) is 13.7. The minimum absolute atomic E-state index is 0.810. The van der Waals surface area contributed by atoms with Crippen LogP contribution in [-0.4, -0.2) is 19.9 Å². The number of anilines is 6. The number of benzene rings is 7.